The maximum absolute atomic E-state index is 12.4. The van der Waals surface area contributed by atoms with Crippen LogP contribution in [0.1, 0.15) is 40.5 Å². The molecule has 0 saturated carbocycles. The molecule has 30 heavy (non-hydrogen) atoms. The van der Waals surface area contributed by atoms with Crippen molar-refractivity contribution in [1.82, 2.24) is 9.13 Å². The van der Waals surface area contributed by atoms with Crippen molar-refractivity contribution in [2.75, 3.05) is 26.1 Å². The topological polar surface area (TPSA) is 132 Å². The average molecular weight is 419 g/mol. The Morgan fingerprint density at radius 2 is 1.80 bits per heavy atom. The third kappa shape index (κ3) is 4.70. The van der Waals surface area contributed by atoms with Gasteiger partial charge in [0.2, 0.25) is 5.78 Å². The van der Waals surface area contributed by atoms with Crippen molar-refractivity contribution in [1.29, 1.82) is 0 Å². The first-order valence-electron chi connectivity index (χ1n) is 9.29. The summed E-state index contributed by atoms with van der Waals surface area (Å²) in [6.45, 7) is 1.84. The summed E-state index contributed by atoms with van der Waals surface area (Å²) in [6.07, 6.45) is 1.85. The summed E-state index contributed by atoms with van der Waals surface area (Å²) < 4.78 is 17.6. The number of carbonyl (C=O) groups is 2. The third-order valence-electron chi connectivity index (χ3n) is 4.48. The standard InChI is InChI=1S/C20H25N3O7/c1-5-6-9-29-14-8-7-12(10-15(14)28-4)19(26)30-11-13(24)16-17(21)22(2)20(27)23(3)18(16)25/h7-8,10H,5-6,9,11,21H2,1-4H3. The summed E-state index contributed by atoms with van der Waals surface area (Å²) in [4.78, 5) is 48.8. The van der Waals surface area contributed by atoms with Gasteiger partial charge in [-0.05, 0) is 24.6 Å². The number of ether oxygens (including phenoxy) is 3. The van der Waals surface area contributed by atoms with E-state index in [1.165, 1.54) is 33.3 Å². The Bertz CT molecular complexity index is 1070. The number of esters is 1. The van der Waals surface area contributed by atoms with Gasteiger partial charge >= 0.3 is 11.7 Å². The quantitative estimate of drug-likeness (QED) is 0.360. The SMILES string of the molecule is CCCCOc1ccc(C(=O)OCC(=O)c2c(N)n(C)c(=O)n(C)c2=O)cc1OC. The number of unbranched alkanes of at least 4 members (excludes halogenated alkanes) is 1. The first-order chi connectivity index (χ1) is 14.2. The fourth-order valence-corrected chi connectivity index (χ4v) is 2.65. The smallest absolute Gasteiger partial charge is 0.338 e. The van der Waals surface area contributed by atoms with E-state index in [0.29, 0.717) is 18.1 Å². The molecule has 1 heterocycles. The molecule has 2 aromatic rings. The van der Waals surface area contributed by atoms with Gasteiger partial charge in [0.25, 0.3) is 5.56 Å². The molecule has 0 aliphatic rings. The number of anilines is 1. The van der Waals surface area contributed by atoms with Crippen LogP contribution in [-0.4, -0.2) is 41.2 Å². The number of ketones is 1. The summed E-state index contributed by atoms with van der Waals surface area (Å²) in [5.41, 5.74) is 3.94. The number of rotatable bonds is 9. The fraction of sp³-hybridized carbons (Fsp3) is 0.400. The molecule has 10 heteroatoms. The number of carbonyl (C=O) groups excluding carboxylic acids is 2. The zero-order valence-electron chi connectivity index (χ0n) is 17.4. The Labute approximate surface area is 172 Å². The summed E-state index contributed by atoms with van der Waals surface area (Å²) in [6, 6.07) is 4.50. The largest absolute Gasteiger partial charge is 0.493 e. The van der Waals surface area contributed by atoms with Crippen molar-refractivity contribution in [2.45, 2.75) is 19.8 Å². The first kappa shape index (κ1) is 22.7. The van der Waals surface area contributed by atoms with Crippen molar-refractivity contribution in [3.63, 3.8) is 0 Å². The Balaban J connectivity index is 2.15. The highest BCUT2D eigenvalue weighted by Crippen LogP contribution is 2.28. The van der Waals surface area contributed by atoms with Gasteiger partial charge in [-0.2, -0.15) is 0 Å². The molecule has 0 bridgehead atoms. The predicted octanol–water partition coefficient (Wildman–Crippen LogP) is 0.893. The van der Waals surface area contributed by atoms with Gasteiger partial charge in [0.15, 0.2) is 18.1 Å². The van der Waals surface area contributed by atoms with Gasteiger partial charge in [-0.25, -0.2) is 9.59 Å². The molecule has 0 saturated heterocycles. The van der Waals surface area contributed by atoms with E-state index >= 15 is 0 Å². The van der Waals surface area contributed by atoms with Crippen LogP contribution in [0.5, 0.6) is 11.5 Å². The van der Waals surface area contributed by atoms with Crippen LogP contribution >= 0.6 is 0 Å². The van der Waals surface area contributed by atoms with Crippen LogP contribution in [0.3, 0.4) is 0 Å². The zero-order chi connectivity index (χ0) is 22.4. The zero-order valence-corrected chi connectivity index (χ0v) is 17.4. The number of Topliss-reactive ketones (excluding diaryl/α,β-unsaturated/α-hetero) is 1. The molecule has 0 radical (unpaired) electrons. The van der Waals surface area contributed by atoms with E-state index in [4.69, 9.17) is 19.9 Å². The summed E-state index contributed by atoms with van der Waals surface area (Å²) in [7, 11) is 4.00. The van der Waals surface area contributed by atoms with Gasteiger partial charge in [0.05, 0.1) is 19.3 Å². The minimum atomic E-state index is -0.855. The minimum absolute atomic E-state index is 0.142. The lowest BCUT2D eigenvalue weighted by Crippen LogP contribution is -2.42. The second-order valence-corrected chi connectivity index (χ2v) is 6.53. The van der Waals surface area contributed by atoms with Crippen molar-refractivity contribution >= 4 is 17.6 Å². The molecule has 0 aliphatic heterocycles. The van der Waals surface area contributed by atoms with Crippen molar-refractivity contribution < 1.29 is 23.8 Å². The molecule has 162 valence electrons. The van der Waals surface area contributed by atoms with Crippen LogP contribution in [-0.2, 0) is 18.8 Å². The molecule has 1 aromatic heterocycles. The van der Waals surface area contributed by atoms with E-state index in [1.54, 1.807) is 6.07 Å². The lowest BCUT2D eigenvalue weighted by atomic mass is 10.2. The lowest BCUT2D eigenvalue weighted by Gasteiger charge is -2.12. The molecule has 2 rings (SSSR count). The molecule has 0 aliphatic carbocycles. The molecular formula is C20H25N3O7. The molecule has 2 N–H and O–H groups in total. The lowest BCUT2D eigenvalue weighted by molar-refractivity contribution is 0.0474. The number of hydrogen-bond acceptors (Lipinski definition) is 8. The number of nitrogen functional groups attached to an aromatic ring is 1. The molecule has 1 aromatic carbocycles. The molecule has 10 nitrogen and oxygen atoms in total. The summed E-state index contributed by atoms with van der Waals surface area (Å²) in [5.74, 6) is -1.06. The Morgan fingerprint density at radius 1 is 1.10 bits per heavy atom. The highest BCUT2D eigenvalue weighted by Gasteiger charge is 2.22. The Hall–Kier alpha value is -3.56. The molecule has 0 atom stereocenters. The Morgan fingerprint density at radius 3 is 2.43 bits per heavy atom. The van der Waals surface area contributed by atoms with Gasteiger partial charge in [0.1, 0.15) is 11.4 Å². The average Bonchev–Trinajstić information content (AvgIpc) is 2.75. The number of benzene rings is 1. The van der Waals surface area contributed by atoms with E-state index in [0.717, 1.165) is 22.0 Å². The molecule has 0 spiro atoms. The van der Waals surface area contributed by atoms with Gasteiger partial charge in [-0.3, -0.25) is 18.7 Å². The van der Waals surface area contributed by atoms with E-state index in [2.05, 4.69) is 0 Å². The van der Waals surface area contributed by atoms with Gasteiger partial charge in [-0.1, -0.05) is 13.3 Å². The third-order valence-corrected chi connectivity index (χ3v) is 4.48. The highest BCUT2D eigenvalue weighted by molar-refractivity contribution is 6.02. The van der Waals surface area contributed by atoms with Crippen LogP contribution in [0.15, 0.2) is 27.8 Å². The van der Waals surface area contributed by atoms with Crippen molar-refractivity contribution in [3.05, 3.63) is 50.2 Å². The molecule has 0 unspecified atom stereocenters. The monoisotopic (exact) mass is 419 g/mol. The van der Waals surface area contributed by atoms with Gasteiger partial charge < -0.3 is 19.9 Å². The van der Waals surface area contributed by atoms with E-state index < -0.39 is 35.2 Å². The normalized spacial score (nSPS) is 10.5. The fourth-order valence-electron chi connectivity index (χ4n) is 2.65. The van der Waals surface area contributed by atoms with Crippen LogP contribution in [0, 0.1) is 0 Å². The summed E-state index contributed by atoms with van der Waals surface area (Å²) >= 11 is 0. The molecule has 0 fully saturated rings. The second-order valence-electron chi connectivity index (χ2n) is 6.53. The van der Waals surface area contributed by atoms with Crippen molar-refractivity contribution in [3.8, 4) is 11.5 Å². The van der Waals surface area contributed by atoms with Crippen LogP contribution < -0.4 is 26.5 Å². The number of hydrogen-bond donors (Lipinski definition) is 1. The Kier molecular flexibility index (Phi) is 7.40. The maximum Gasteiger partial charge on any atom is 0.338 e. The van der Waals surface area contributed by atoms with Crippen LogP contribution in [0.25, 0.3) is 0 Å². The number of nitrogens with zero attached hydrogens (tertiary/aromatic N) is 2. The summed E-state index contributed by atoms with van der Waals surface area (Å²) in [5, 5.41) is 0. The van der Waals surface area contributed by atoms with E-state index in [-0.39, 0.29) is 11.4 Å². The first-order valence-corrected chi connectivity index (χ1v) is 9.29. The van der Waals surface area contributed by atoms with Crippen LogP contribution in [0.4, 0.5) is 5.82 Å². The van der Waals surface area contributed by atoms with E-state index in [9.17, 15) is 19.2 Å². The van der Waals surface area contributed by atoms with E-state index in [1.807, 2.05) is 6.92 Å². The second kappa shape index (κ2) is 9.77. The minimum Gasteiger partial charge on any atom is -0.493 e. The number of nitrogens with two attached hydrogens (primary N) is 1. The molecular weight excluding hydrogens is 394 g/mol. The van der Waals surface area contributed by atoms with Crippen molar-refractivity contribution in [2.24, 2.45) is 14.1 Å². The van der Waals surface area contributed by atoms with Crippen LogP contribution in [0.2, 0.25) is 0 Å². The van der Waals surface area contributed by atoms with Gasteiger partial charge in [-0.15, -0.1) is 0 Å². The molecule has 0 amide bonds. The number of methoxy groups -OCH3 is 1. The van der Waals surface area contributed by atoms with Gasteiger partial charge in [0, 0.05) is 14.1 Å². The maximum atomic E-state index is 12.4. The highest BCUT2D eigenvalue weighted by atomic mass is 16.5. The number of aromatic nitrogens is 2. The predicted molar refractivity (Wildman–Crippen MR) is 109 cm³/mol.